The summed E-state index contributed by atoms with van der Waals surface area (Å²) in [6.07, 6.45) is 12.3. The van der Waals surface area contributed by atoms with Gasteiger partial charge in [-0.15, -0.1) is 6.58 Å². The van der Waals surface area contributed by atoms with Gasteiger partial charge in [0.05, 0.1) is 5.60 Å². The van der Waals surface area contributed by atoms with Crippen LogP contribution in [0.25, 0.3) is 0 Å². The molecule has 1 N–H and O–H groups in total. The van der Waals surface area contributed by atoms with E-state index in [1.165, 1.54) is 30.5 Å². The van der Waals surface area contributed by atoms with Gasteiger partial charge in [0.15, 0.2) is 0 Å². The van der Waals surface area contributed by atoms with Gasteiger partial charge in [0.25, 0.3) is 0 Å². The Morgan fingerprint density at radius 3 is 2.83 bits per heavy atom. The summed E-state index contributed by atoms with van der Waals surface area (Å²) in [7, 11) is 0. The van der Waals surface area contributed by atoms with E-state index in [0.717, 1.165) is 42.9 Å². The van der Waals surface area contributed by atoms with Crippen molar-refractivity contribution in [2.75, 3.05) is 0 Å². The average Bonchev–Trinajstić information content (AvgIpc) is 2.79. The zero-order valence-corrected chi connectivity index (χ0v) is 15.4. The van der Waals surface area contributed by atoms with Gasteiger partial charge < -0.3 is 5.11 Å². The summed E-state index contributed by atoms with van der Waals surface area (Å²) in [6.45, 7) is 8.77. The minimum atomic E-state index is -0.646. The number of hydrogen-bond acceptors (Lipinski definition) is 2. The van der Waals surface area contributed by atoms with Crippen molar-refractivity contribution < 1.29 is 5.11 Å². The fraction of sp³-hybridized carbons (Fsp3) is 0.762. The van der Waals surface area contributed by atoms with E-state index in [-0.39, 0.29) is 5.41 Å². The molecule has 0 aromatic heterocycles. The number of hydrogen-bond donors (Lipinski definition) is 1. The van der Waals surface area contributed by atoms with E-state index in [1.54, 1.807) is 5.57 Å². The molecule has 3 fully saturated rings. The van der Waals surface area contributed by atoms with E-state index in [2.05, 4.69) is 26.5 Å². The second-order valence-electron chi connectivity index (χ2n) is 8.98. The van der Waals surface area contributed by atoms with Crippen molar-refractivity contribution in [3.05, 3.63) is 24.3 Å². The largest absolute Gasteiger partial charge is 0.385 e. The van der Waals surface area contributed by atoms with Crippen molar-refractivity contribution in [1.29, 1.82) is 0 Å². The molecule has 0 amide bonds. The first-order chi connectivity index (χ1) is 10.9. The number of thiocarbonyl (C=S) groups is 1. The summed E-state index contributed by atoms with van der Waals surface area (Å²) in [4.78, 5) is 1.17. The Labute approximate surface area is 146 Å². The van der Waals surface area contributed by atoms with E-state index >= 15 is 0 Å². The van der Waals surface area contributed by atoms with Gasteiger partial charge in [0.1, 0.15) is 0 Å². The third-order valence-electron chi connectivity index (χ3n) is 8.19. The highest BCUT2D eigenvalue weighted by Gasteiger charge is 2.62. The Balaban J connectivity index is 1.70. The van der Waals surface area contributed by atoms with E-state index in [9.17, 15) is 5.11 Å². The van der Waals surface area contributed by atoms with Crippen LogP contribution in [0, 0.1) is 35.0 Å². The fourth-order valence-corrected chi connectivity index (χ4v) is 7.25. The lowest BCUT2D eigenvalue weighted by atomic mass is 9.48. The molecule has 3 saturated carbocycles. The topological polar surface area (TPSA) is 20.2 Å². The highest BCUT2D eigenvalue weighted by Crippen LogP contribution is 2.66. The predicted molar refractivity (Wildman–Crippen MR) is 99.4 cm³/mol. The molecule has 7 atom stereocenters. The van der Waals surface area contributed by atoms with Crippen molar-refractivity contribution in [3.8, 4) is 0 Å². The van der Waals surface area contributed by atoms with E-state index in [1.807, 2.05) is 6.08 Å². The van der Waals surface area contributed by atoms with Crippen LogP contribution < -0.4 is 0 Å². The lowest BCUT2D eigenvalue weighted by molar-refractivity contribution is -0.102. The quantitative estimate of drug-likeness (QED) is 0.533. The average molecular weight is 331 g/mol. The Hall–Kier alpha value is -0.470. The third-order valence-corrected chi connectivity index (χ3v) is 8.52. The van der Waals surface area contributed by atoms with E-state index in [0.29, 0.717) is 5.92 Å². The van der Waals surface area contributed by atoms with Crippen molar-refractivity contribution in [3.63, 3.8) is 0 Å². The Kier molecular flexibility index (Phi) is 3.67. The van der Waals surface area contributed by atoms with Crippen LogP contribution in [-0.2, 0) is 0 Å². The van der Waals surface area contributed by atoms with Gasteiger partial charge in [-0.3, -0.25) is 0 Å². The molecule has 0 aromatic carbocycles. The van der Waals surface area contributed by atoms with E-state index < -0.39 is 5.60 Å². The lowest BCUT2D eigenvalue weighted by Gasteiger charge is -2.57. The maximum absolute atomic E-state index is 11.2. The molecule has 0 heterocycles. The molecule has 0 spiro atoms. The van der Waals surface area contributed by atoms with Crippen LogP contribution in [0.1, 0.15) is 58.8 Å². The normalized spacial score (nSPS) is 52.2. The van der Waals surface area contributed by atoms with Crippen LogP contribution in [0.2, 0.25) is 0 Å². The van der Waals surface area contributed by atoms with Gasteiger partial charge in [-0.05, 0) is 80.6 Å². The minimum Gasteiger partial charge on any atom is -0.385 e. The standard InChI is InChI=1S/C21H30OS/c1-4-21(22)10-8-18-19-13(2)11-14-12-15(23)5-6-16(14)17(19)7-9-20(18,21)3/h4,12-13,16-19,22H,1,5-11H2,2-3H3/t13-,16?,17?,18?,19?,20+,21+/m1/s1. The van der Waals surface area contributed by atoms with Crippen LogP contribution in [0.15, 0.2) is 24.3 Å². The number of fused-ring (bicyclic) bond motifs is 5. The first-order valence-electron chi connectivity index (χ1n) is 9.49. The maximum atomic E-state index is 11.2. The number of allylic oxidation sites excluding steroid dienone is 2. The molecule has 4 aliphatic carbocycles. The molecule has 1 nitrogen and oxygen atoms in total. The fourth-order valence-electron chi connectivity index (χ4n) is 6.98. The highest BCUT2D eigenvalue weighted by molar-refractivity contribution is 7.80. The first kappa shape index (κ1) is 16.0. The summed E-state index contributed by atoms with van der Waals surface area (Å²) in [6, 6.07) is 0. The van der Waals surface area contributed by atoms with Gasteiger partial charge in [-0.25, -0.2) is 0 Å². The van der Waals surface area contributed by atoms with Crippen molar-refractivity contribution in [2.45, 2.75) is 64.4 Å². The van der Waals surface area contributed by atoms with Crippen LogP contribution in [0.4, 0.5) is 0 Å². The van der Waals surface area contributed by atoms with Gasteiger partial charge in [-0.2, -0.15) is 0 Å². The zero-order valence-electron chi connectivity index (χ0n) is 14.6. The Bertz CT molecular complexity index is 578. The molecule has 0 saturated heterocycles. The molecule has 0 radical (unpaired) electrons. The van der Waals surface area contributed by atoms with Gasteiger partial charge in [0, 0.05) is 10.3 Å². The van der Waals surface area contributed by atoms with Gasteiger partial charge >= 0.3 is 0 Å². The molecule has 2 heteroatoms. The summed E-state index contributed by atoms with van der Waals surface area (Å²) >= 11 is 5.48. The summed E-state index contributed by atoms with van der Waals surface area (Å²) < 4.78 is 0. The molecule has 0 aromatic rings. The highest BCUT2D eigenvalue weighted by atomic mass is 32.1. The molecule has 0 aliphatic heterocycles. The van der Waals surface area contributed by atoms with Crippen molar-refractivity contribution in [2.24, 2.45) is 35.0 Å². The monoisotopic (exact) mass is 330 g/mol. The Morgan fingerprint density at radius 2 is 2.09 bits per heavy atom. The van der Waals surface area contributed by atoms with Crippen LogP contribution in [0.5, 0.6) is 0 Å². The van der Waals surface area contributed by atoms with Crippen molar-refractivity contribution in [1.82, 2.24) is 0 Å². The van der Waals surface area contributed by atoms with Gasteiger partial charge in [-0.1, -0.05) is 37.7 Å². The molecule has 0 bridgehead atoms. The summed E-state index contributed by atoms with van der Waals surface area (Å²) in [5.41, 5.74) is 1.04. The van der Waals surface area contributed by atoms with Crippen LogP contribution in [0.3, 0.4) is 0 Å². The molecule has 4 rings (SSSR count). The van der Waals surface area contributed by atoms with Crippen LogP contribution in [-0.4, -0.2) is 15.6 Å². The molecule has 4 aliphatic rings. The summed E-state index contributed by atoms with van der Waals surface area (Å²) in [5, 5.41) is 11.2. The zero-order chi connectivity index (χ0) is 16.4. The second kappa shape index (κ2) is 5.26. The number of aliphatic hydroxyl groups is 1. The van der Waals surface area contributed by atoms with Gasteiger partial charge in [0.2, 0.25) is 0 Å². The minimum absolute atomic E-state index is 0.0371. The smallest absolute Gasteiger partial charge is 0.0881 e. The van der Waals surface area contributed by atoms with E-state index in [4.69, 9.17) is 12.2 Å². The molecular weight excluding hydrogens is 300 g/mol. The lowest BCUT2D eigenvalue weighted by Crippen LogP contribution is -2.53. The van der Waals surface area contributed by atoms with Crippen LogP contribution >= 0.6 is 12.2 Å². The molecule has 126 valence electrons. The van der Waals surface area contributed by atoms with Crippen molar-refractivity contribution >= 4 is 17.1 Å². The summed E-state index contributed by atoms with van der Waals surface area (Å²) in [5.74, 6) is 3.75. The Morgan fingerprint density at radius 1 is 1.30 bits per heavy atom. The second-order valence-corrected chi connectivity index (χ2v) is 9.51. The first-order valence-corrected chi connectivity index (χ1v) is 9.90. The molecule has 23 heavy (non-hydrogen) atoms. The predicted octanol–water partition coefficient (Wildman–Crippen LogP) is 5.09. The number of rotatable bonds is 1. The molecular formula is C21H30OS. The third kappa shape index (κ3) is 2.10. The SMILES string of the molecule is C=C[C@]1(O)CCC2C3C(CC[C@@]21C)C1CCC(=S)C=C1C[C@H]3C. The molecule has 4 unspecified atom stereocenters. The maximum Gasteiger partial charge on any atom is 0.0881 e.